The Morgan fingerprint density at radius 1 is 1.21 bits per heavy atom. The molecule has 1 fully saturated rings. The van der Waals surface area contributed by atoms with E-state index in [1.807, 2.05) is 24.3 Å². The van der Waals surface area contributed by atoms with Crippen molar-refractivity contribution in [2.24, 2.45) is 0 Å². The summed E-state index contributed by atoms with van der Waals surface area (Å²) in [4.78, 5) is 4.33. The van der Waals surface area contributed by atoms with Crippen LogP contribution in [0.4, 0.5) is 5.69 Å². The molecule has 1 saturated carbocycles. The maximum atomic E-state index is 10.1. The van der Waals surface area contributed by atoms with Crippen LogP contribution in [0.3, 0.4) is 0 Å². The highest BCUT2D eigenvalue weighted by molar-refractivity contribution is 6.31. The average molecular weight is 277 g/mol. The van der Waals surface area contributed by atoms with Crippen molar-refractivity contribution < 1.29 is 5.11 Å². The molecule has 0 amide bonds. The first-order valence-electron chi connectivity index (χ1n) is 6.73. The van der Waals surface area contributed by atoms with Crippen LogP contribution in [0.1, 0.15) is 25.7 Å². The lowest BCUT2D eigenvalue weighted by molar-refractivity contribution is 0.116. The summed E-state index contributed by atoms with van der Waals surface area (Å²) >= 11 is 6.06. The second kappa shape index (κ2) is 5.35. The summed E-state index contributed by atoms with van der Waals surface area (Å²) in [6, 6.07) is 7.75. The molecule has 100 valence electrons. The molecule has 0 aliphatic heterocycles. The Morgan fingerprint density at radius 2 is 2.05 bits per heavy atom. The summed E-state index contributed by atoms with van der Waals surface area (Å²) in [7, 11) is 0. The largest absolute Gasteiger partial charge is 0.391 e. The molecule has 4 heteroatoms. The Morgan fingerprint density at radius 3 is 2.89 bits per heavy atom. The number of fused-ring (bicyclic) bond motifs is 1. The van der Waals surface area contributed by atoms with Crippen LogP contribution >= 0.6 is 11.6 Å². The second-order valence-corrected chi connectivity index (χ2v) is 5.56. The normalized spacial score (nSPS) is 23.5. The van der Waals surface area contributed by atoms with Crippen LogP contribution in [0, 0.1) is 0 Å². The fraction of sp³-hybridized carbons (Fsp3) is 0.400. The Hall–Kier alpha value is -1.32. The van der Waals surface area contributed by atoms with E-state index in [0.717, 1.165) is 35.9 Å². The Kier molecular flexibility index (Phi) is 3.58. The topological polar surface area (TPSA) is 45.1 Å². The minimum atomic E-state index is -0.267. The van der Waals surface area contributed by atoms with Crippen molar-refractivity contribution in [3.63, 3.8) is 0 Å². The standard InChI is InChI=1S/C15H17ClN2O/c16-10-5-6-12-11(9-10)13(7-8-17-12)18-14-3-1-2-4-15(14)19/h5-9,14-15,19H,1-4H2,(H,17,18)/t14-,15-/m0/s1. The van der Waals surface area contributed by atoms with Crippen molar-refractivity contribution in [1.82, 2.24) is 4.98 Å². The first kappa shape index (κ1) is 12.7. The van der Waals surface area contributed by atoms with Gasteiger partial charge in [0.25, 0.3) is 0 Å². The van der Waals surface area contributed by atoms with Crippen molar-refractivity contribution in [2.45, 2.75) is 37.8 Å². The third kappa shape index (κ3) is 2.67. The van der Waals surface area contributed by atoms with Gasteiger partial charge in [0.05, 0.1) is 17.7 Å². The Labute approximate surface area is 117 Å². The zero-order valence-electron chi connectivity index (χ0n) is 10.6. The van der Waals surface area contributed by atoms with Crippen molar-refractivity contribution >= 4 is 28.2 Å². The number of nitrogens with zero attached hydrogens (tertiary/aromatic N) is 1. The lowest BCUT2D eigenvalue weighted by atomic mass is 9.92. The number of aliphatic hydroxyl groups is 1. The number of halogens is 1. The lowest BCUT2D eigenvalue weighted by Crippen LogP contribution is -2.36. The molecule has 0 unspecified atom stereocenters. The van der Waals surface area contributed by atoms with Crippen molar-refractivity contribution in [3.05, 3.63) is 35.5 Å². The maximum Gasteiger partial charge on any atom is 0.0741 e. The lowest BCUT2D eigenvalue weighted by Gasteiger charge is -2.29. The van der Waals surface area contributed by atoms with Crippen LogP contribution in [-0.2, 0) is 0 Å². The molecule has 0 bridgehead atoms. The fourth-order valence-corrected chi connectivity index (χ4v) is 2.90. The van der Waals surface area contributed by atoms with E-state index in [1.165, 1.54) is 6.42 Å². The fourth-order valence-electron chi connectivity index (χ4n) is 2.72. The molecular weight excluding hydrogens is 260 g/mol. The molecule has 3 nitrogen and oxygen atoms in total. The summed E-state index contributed by atoms with van der Waals surface area (Å²) in [5.41, 5.74) is 1.91. The van der Waals surface area contributed by atoms with Crippen LogP contribution in [-0.4, -0.2) is 22.2 Å². The average Bonchev–Trinajstić information content (AvgIpc) is 2.42. The van der Waals surface area contributed by atoms with Gasteiger partial charge in [-0.25, -0.2) is 0 Å². The summed E-state index contributed by atoms with van der Waals surface area (Å²) in [6.07, 6.45) is 5.68. The Bertz CT molecular complexity index is 587. The molecule has 1 aromatic carbocycles. The van der Waals surface area contributed by atoms with Crippen LogP contribution in [0.25, 0.3) is 10.9 Å². The van der Waals surface area contributed by atoms with Gasteiger partial charge in [-0.2, -0.15) is 0 Å². The third-order valence-electron chi connectivity index (χ3n) is 3.77. The summed E-state index contributed by atoms with van der Waals surface area (Å²) < 4.78 is 0. The molecule has 1 aliphatic carbocycles. The minimum absolute atomic E-state index is 0.123. The van der Waals surface area contributed by atoms with Gasteiger partial charge in [0.15, 0.2) is 0 Å². The predicted octanol–water partition coefficient (Wildman–Crippen LogP) is 3.60. The van der Waals surface area contributed by atoms with Gasteiger partial charge < -0.3 is 10.4 Å². The second-order valence-electron chi connectivity index (χ2n) is 5.12. The molecule has 2 N–H and O–H groups in total. The van der Waals surface area contributed by atoms with Gasteiger partial charge in [-0.15, -0.1) is 0 Å². The third-order valence-corrected chi connectivity index (χ3v) is 4.01. The molecule has 0 radical (unpaired) electrons. The van der Waals surface area contributed by atoms with Gasteiger partial charge in [-0.3, -0.25) is 4.98 Å². The number of hydrogen-bond donors (Lipinski definition) is 2. The number of benzene rings is 1. The molecule has 19 heavy (non-hydrogen) atoms. The van der Waals surface area contributed by atoms with Crippen LogP contribution in [0.5, 0.6) is 0 Å². The van der Waals surface area contributed by atoms with Crippen molar-refractivity contribution in [3.8, 4) is 0 Å². The predicted molar refractivity (Wildman–Crippen MR) is 78.6 cm³/mol. The van der Waals surface area contributed by atoms with E-state index < -0.39 is 0 Å². The molecule has 2 atom stereocenters. The highest BCUT2D eigenvalue weighted by Crippen LogP contribution is 2.28. The highest BCUT2D eigenvalue weighted by atomic mass is 35.5. The number of rotatable bonds is 2. The molecule has 3 rings (SSSR count). The zero-order chi connectivity index (χ0) is 13.2. The van der Waals surface area contributed by atoms with Gasteiger partial charge in [0, 0.05) is 22.3 Å². The highest BCUT2D eigenvalue weighted by Gasteiger charge is 2.23. The zero-order valence-corrected chi connectivity index (χ0v) is 11.4. The summed E-state index contributed by atoms with van der Waals surface area (Å²) in [5, 5.41) is 15.2. The number of aromatic nitrogens is 1. The Balaban J connectivity index is 1.93. The quantitative estimate of drug-likeness (QED) is 0.881. The number of hydrogen-bond acceptors (Lipinski definition) is 3. The maximum absolute atomic E-state index is 10.1. The number of aliphatic hydroxyl groups excluding tert-OH is 1. The van der Waals surface area contributed by atoms with Crippen molar-refractivity contribution in [2.75, 3.05) is 5.32 Å². The van der Waals surface area contributed by atoms with Gasteiger partial charge in [0.1, 0.15) is 0 Å². The van der Waals surface area contributed by atoms with Crippen LogP contribution in [0.2, 0.25) is 5.02 Å². The molecule has 2 aromatic rings. The molecule has 1 aliphatic rings. The number of nitrogens with one attached hydrogen (secondary N) is 1. The minimum Gasteiger partial charge on any atom is -0.391 e. The molecular formula is C15H17ClN2O. The van der Waals surface area contributed by atoms with E-state index in [4.69, 9.17) is 11.6 Å². The van der Waals surface area contributed by atoms with Crippen LogP contribution < -0.4 is 5.32 Å². The van der Waals surface area contributed by atoms with Gasteiger partial charge in [-0.05, 0) is 37.1 Å². The van der Waals surface area contributed by atoms with Crippen molar-refractivity contribution in [1.29, 1.82) is 0 Å². The first-order valence-corrected chi connectivity index (χ1v) is 7.11. The van der Waals surface area contributed by atoms with Gasteiger partial charge in [0.2, 0.25) is 0 Å². The SMILES string of the molecule is O[C@H]1CCCC[C@@H]1Nc1ccnc2ccc(Cl)cc12. The monoisotopic (exact) mass is 276 g/mol. The summed E-state index contributed by atoms with van der Waals surface area (Å²) in [6.45, 7) is 0. The van der Waals surface area contributed by atoms with E-state index in [-0.39, 0.29) is 12.1 Å². The van der Waals surface area contributed by atoms with E-state index >= 15 is 0 Å². The van der Waals surface area contributed by atoms with E-state index in [9.17, 15) is 5.11 Å². The molecule has 1 heterocycles. The van der Waals surface area contributed by atoms with E-state index in [0.29, 0.717) is 5.02 Å². The first-order chi connectivity index (χ1) is 9.24. The molecule has 0 spiro atoms. The number of anilines is 1. The smallest absolute Gasteiger partial charge is 0.0741 e. The molecule has 0 saturated heterocycles. The van der Waals surface area contributed by atoms with E-state index in [1.54, 1.807) is 6.20 Å². The van der Waals surface area contributed by atoms with Gasteiger partial charge in [-0.1, -0.05) is 24.4 Å². The number of pyridine rings is 1. The van der Waals surface area contributed by atoms with Gasteiger partial charge >= 0.3 is 0 Å². The molecule has 1 aromatic heterocycles. The van der Waals surface area contributed by atoms with E-state index in [2.05, 4.69) is 10.3 Å². The van der Waals surface area contributed by atoms with Crippen LogP contribution in [0.15, 0.2) is 30.5 Å². The summed E-state index contributed by atoms with van der Waals surface area (Å²) in [5.74, 6) is 0.